The smallest absolute Gasteiger partial charge is 0.343 e. The number of carbonyl (C=O) groups is 2. The number of benzene rings is 1. The molecule has 0 saturated carbocycles. The van der Waals surface area contributed by atoms with Gasteiger partial charge in [0.25, 0.3) is 0 Å². The Morgan fingerprint density at radius 3 is 2.73 bits per heavy atom. The largest absolute Gasteiger partial charge is 0.486 e. The molecule has 7 nitrogen and oxygen atoms in total. The van der Waals surface area contributed by atoms with Crippen LogP contribution in [0.2, 0.25) is 0 Å². The molecule has 3 rings (SSSR count). The maximum absolute atomic E-state index is 14.1. The van der Waals surface area contributed by atoms with E-state index in [2.05, 4.69) is 0 Å². The van der Waals surface area contributed by atoms with Crippen molar-refractivity contribution in [1.29, 1.82) is 0 Å². The van der Waals surface area contributed by atoms with Crippen molar-refractivity contribution in [1.82, 2.24) is 4.57 Å². The molecule has 0 saturated heterocycles. The van der Waals surface area contributed by atoms with Gasteiger partial charge in [0.05, 0.1) is 17.5 Å². The molecule has 2 aromatic rings. The van der Waals surface area contributed by atoms with Crippen molar-refractivity contribution in [3.8, 4) is 5.75 Å². The fourth-order valence-corrected chi connectivity index (χ4v) is 2.81. The number of hydrogen-bond donors (Lipinski definition) is 0. The molecule has 9 heteroatoms. The van der Waals surface area contributed by atoms with Crippen LogP contribution in [0.4, 0.5) is 8.78 Å². The zero-order valence-corrected chi connectivity index (χ0v) is 14.0. The number of esters is 2. The van der Waals surface area contributed by atoms with E-state index >= 15 is 0 Å². The molecule has 0 aliphatic carbocycles. The summed E-state index contributed by atoms with van der Waals surface area (Å²) in [5.74, 6) is -4.35. The first-order valence-corrected chi connectivity index (χ1v) is 7.85. The highest BCUT2D eigenvalue weighted by molar-refractivity contribution is 5.95. The Kier molecular flexibility index (Phi) is 4.62. The van der Waals surface area contributed by atoms with Crippen LogP contribution in [0.3, 0.4) is 0 Å². The maximum Gasteiger partial charge on any atom is 0.343 e. The minimum Gasteiger partial charge on any atom is -0.486 e. The number of ether oxygens (including phenoxy) is 3. The van der Waals surface area contributed by atoms with E-state index in [1.54, 1.807) is 6.92 Å². The molecule has 0 N–H and O–H groups in total. The molecule has 26 heavy (non-hydrogen) atoms. The second-order valence-electron chi connectivity index (χ2n) is 5.66. The number of rotatable bonds is 4. The lowest BCUT2D eigenvalue weighted by Gasteiger charge is -2.29. The summed E-state index contributed by atoms with van der Waals surface area (Å²) in [7, 11) is 0. The van der Waals surface area contributed by atoms with Crippen LogP contribution in [0.15, 0.2) is 17.1 Å². The topological polar surface area (TPSA) is 83.8 Å². The Morgan fingerprint density at radius 1 is 1.35 bits per heavy atom. The fourth-order valence-electron chi connectivity index (χ4n) is 2.81. The minimum absolute atomic E-state index is 0.00893. The van der Waals surface area contributed by atoms with Crippen molar-refractivity contribution in [2.45, 2.75) is 19.9 Å². The van der Waals surface area contributed by atoms with E-state index < -0.39 is 40.8 Å². The average Bonchev–Trinajstić information content (AvgIpc) is 2.60. The molecule has 1 aliphatic rings. The first kappa shape index (κ1) is 17.8. The summed E-state index contributed by atoms with van der Waals surface area (Å²) in [6.07, 6.45) is 1.19. The second kappa shape index (κ2) is 6.74. The van der Waals surface area contributed by atoms with Crippen LogP contribution in [0, 0.1) is 11.6 Å². The Morgan fingerprint density at radius 2 is 2.08 bits per heavy atom. The van der Waals surface area contributed by atoms with Crippen LogP contribution >= 0.6 is 0 Å². The van der Waals surface area contributed by atoms with E-state index in [4.69, 9.17) is 14.2 Å². The summed E-state index contributed by atoms with van der Waals surface area (Å²) in [4.78, 5) is 35.7. The lowest BCUT2D eigenvalue weighted by Crippen LogP contribution is -2.31. The van der Waals surface area contributed by atoms with Gasteiger partial charge in [-0.25, -0.2) is 9.18 Å². The van der Waals surface area contributed by atoms with Gasteiger partial charge in [-0.1, -0.05) is 0 Å². The molecule has 1 aromatic carbocycles. The van der Waals surface area contributed by atoms with Gasteiger partial charge in [0.15, 0.2) is 11.6 Å². The van der Waals surface area contributed by atoms with Gasteiger partial charge in [0.2, 0.25) is 11.2 Å². The molecule has 0 unspecified atom stereocenters. The van der Waals surface area contributed by atoms with Crippen LogP contribution in [0.5, 0.6) is 5.75 Å². The molecule has 1 atom stereocenters. The standard InChI is InChI=1S/C17H15F2NO6/c1-3-24-17(23)11-5-20-9(6-25-8(2)21)7-26-16-13(19)12(18)4-10(14(16)20)15(11)22/h4-5,9H,3,6-7H2,1-2H3/t9-/m0/s1. The Bertz CT molecular complexity index is 968. The van der Waals surface area contributed by atoms with E-state index in [-0.39, 0.29) is 36.3 Å². The molecule has 2 heterocycles. The van der Waals surface area contributed by atoms with Gasteiger partial charge >= 0.3 is 11.9 Å². The van der Waals surface area contributed by atoms with Gasteiger partial charge in [-0.15, -0.1) is 0 Å². The van der Waals surface area contributed by atoms with Crippen molar-refractivity contribution >= 4 is 22.8 Å². The molecule has 138 valence electrons. The normalized spacial score (nSPS) is 15.5. The average molecular weight is 367 g/mol. The van der Waals surface area contributed by atoms with Gasteiger partial charge in [0, 0.05) is 13.1 Å². The number of aromatic nitrogens is 1. The summed E-state index contributed by atoms with van der Waals surface area (Å²) in [5.41, 5.74) is -1.14. The van der Waals surface area contributed by atoms with Crippen molar-refractivity contribution in [2.24, 2.45) is 0 Å². The molecule has 1 aromatic heterocycles. The van der Waals surface area contributed by atoms with Crippen molar-refractivity contribution in [3.05, 3.63) is 39.7 Å². The van der Waals surface area contributed by atoms with E-state index in [1.807, 2.05) is 0 Å². The highest BCUT2D eigenvalue weighted by Crippen LogP contribution is 2.35. The molecule has 0 spiro atoms. The monoisotopic (exact) mass is 367 g/mol. The number of pyridine rings is 1. The van der Waals surface area contributed by atoms with Crippen molar-refractivity contribution in [3.63, 3.8) is 0 Å². The third-order valence-corrected chi connectivity index (χ3v) is 3.95. The summed E-state index contributed by atoms with van der Waals surface area (Å²) in [6.45, 7) is 2.57. The predicted octanol–water partition coefficient (Wildman–Crippen LogP) is 1.95. The van der Waals surface area contributed by atoms with E-state index in [0.717, 1.165) is 0 Å². The van der Waals surface area contributed by atoms with Gasteiger partial charge in [-0.05, 0) is 13.0 Å². The van der Waals surface area contributed by atoms with Crippen molar-refractivity contribution in [2.75, 3.05) is 19.8 Å². The summed E-state index contributed by atoms with van der Waals surface area (Å²) in [6, 6.07) is 0.0837. The lowest BCUT2D eigenvalue weighted by atomic mass is 10.1. The van der Waals surface area contributed by atoms with Gasteiger partial charge in [0.1, 0.15) is 24.8 Å². The number of halogens is 2. The molecular formula is C17H15F2NO6. The maximum atomic E-state index is 14.1. The van der Waals surface area contributed by atoms with Crippen molar-refractivity contribution < 1.29 is 32.6 Å². The van der Waals surface area contributed by atoms with Gasteiger partial charge < -0.3 is 18.8 Å². The predicted molar refractivity (Wildman–Crippen MR) is 85.2 cm³/mol. The first-order chi connectivity index (χ1) is 12.3. The van der Waals surface area contributed by atoms with Crippen LogP contribution in [-0.4, -0.2) is 36.3 Å². The van der Waals surface area contributed by atoms with Crippen LogP contribution in [-0.2, 0) is 14.3 Å². The molecule has 1 aliphatic heterocycles. The number of hydrogen-bond acceptors (Lipinski definition) is 6. The van der Waals surface area contributed by atoms with Crippen LogP contribution in [0.1, 0.15) is 30.2 Å². The van der Waals surface area contributed by atoms with Crippen LogP contribution < -0.4 is 10.2 Å². The van der Waals surface area contributed by atoms with E-state index in [0.29, 0.717) is 6.07 Å². The number of carbonyl (C=O) groups excluding carboxylic acids is 2. The zero-order chi connectivity index (χ0) is 19.0. The summed E-state index contributed by atoms with van der Waals surface area (Å²) in [5, 5.41) is -0.225. The Balaban J connectivity index is 2.28. The first-order valence-electron chi connectivity index (χ1n) is 7.85. The quantitative estimate of drug-likeness (QED) is 0.768. The Hall–Kier alpha value is -2.97. The van der Waals surface area contributed by atoms with Gasteiger partial charge in [-0.2, -0.15) is 4.39 Å². The molecular weight excluding hydrogens is 352 g/mol. The highest BCUT2D eigenvalue weighted by Gasteiger charge is 2.30. The zero-order valence-electron chi connectivity index (χ0n) is 14.0. The fraction of sp³-hybridized carbons (Fsp3) is 0.353. The van der Waals surface area contributed by atoms with Gasteiger partial charge in [-0.3, -0.25) is 9.59 Å². The lowest BCUT2D eigenvalue weighted by molar-refractivity contribution is -0.142. The molecule has 0 radical (unpaired) electrons. The minimum atomic E-state index is -1.27. The van der Waals surface area contributed by atoms with E-state index in [9.17, 15) is 23.2 Å². The van der Waals surface area contributed by atoms with Crippen LogP contribution in [0.25, 0.3) is 10.9 Å². The SMILES string of the molecule is CCOC(=O)c1cn2c3c(c(F)c(F)cc3c1=O)OC[C@@H]2COC(C)=O. The summed E-state index contributed by atoms with van der Waals surface area (Å²) >= 11 is 0. The van der Waals surface area contributed by atoms with E-state index in [1.165, 1.54) is 17.7 Å². The molecule has 0 amide bonds. The number of nitrogens with zero attached hydrogens (tertiary/aromatic N) is 1. The third kappa shape index (κ3) is 2.89. The highest BCUT2D eigenvalue weighted by atomic mass is 19.2. The second-order valence-corrected chi connectivity index (χ2v) is 5.66. The molecule has 0 bridgehead atoms. The molecule has 0 fully saturated rings. The Labute approximate surface area is 146 Å². The third-order valence-electron chi connectivity index (χ3n) is 3.95. The summed E-state index contributed by atoms with van der Waals surface area (Å²) < 4.78 is 44.5.